The molecule has 7 heteroatoms. The van der Waals surface area contributed by atoms with Gasteiger partial charge in [-0.3, -0.25) is 4.79 Å². The minimum atomic E-state index is -0.0601. The van der Waals surface area contributed by atoms with E-state index in [1.54, 1.807) is 6.20 Å². The first-order chi connectivity index (χ1) is 14.3. The SMILES string of the molecule is CC(C)(C)CNc1nc(C#N)ncc1CNC(=O)Cc1ccc(N2CCCC2)cc1. The molecule has 0 saturated carbocycles. The van der Waals surface area contributed by atoms with Crippen LogP contribution in [0.2, 0.25) is 0 Å². The van der Waals surface area contributed by atoms with Crippen molar-refractivity contribution in [3.8, 4) is 6.07 Å². The topological polar surface area (TPSA) is 93.9 Å². The number of amides is 1. The molecule has 0 aliphatic carbocycles. The molecule has 0 atom stereocenters. The largest absolute Gasteiger partial charge is 0.372 e. The summed E-state index contributed by atoms with van der Waals surface area (Å²) in [7, 11) is 0. The van der Waals surface area contributed by atoms with Crippen molar-refractivity contribution >= 4 is 17.4 Å². The molecule has 1 fully saturated rings. The molecule has 0 unspecified atom stereocenters. The lowest BCUT2D eigenvalue weighted by Gasteiger charge is -2.20. The Kier molecular flexibility index (Phi) is 6.88. The predicted octanol–water partition coefficient (Wildman–Crippen LogP) is 3.27. The third-order valence-corrected chi connectivity index (χ3v) is 5.00. The number of rotatable bonds is 7. The van der Waals surface area contributed by atoms with Crippen LogP contribution in [-0.2, 0) is 17.8 Å². The maximum atomic E-state index is 12.4. The Labute approximate surface area is 178 Å². The third kappa shape index (κ3) is 6.18. The number of benzene rings is 1. The smallest absolute Gasteiger partial charge is 0.234 e. The second kappa shape index (κ2) is 9.57. The molecule has 7 nitrogen and oxygen atoms in total. The minimum absolute atomic E-state index is 0.0551. The molecule has 1 aromatic heterocycles. The average molecular weight is 407 g/mol. The molecule has 0 bridgehead atoms. The number of aromatic nitrogens is 2. The van der Waals surface area contributed by atoms with Crippen molar-refractivity contribution in [3.05, 3.63) is 47.4 Å². The molecule has 3 rings (SSSR count). The molecule has 1 saturated heterocycles. The third-order valence-electron chi connectivity index (χ3n) is 5.00. The zero-order valence-corrected chi connectivity index (χ0v) is 18.0. The van der Waals surface area contributed by atoms with Crippen molar-refractivity contribution in [2.24, 2.45) is 5.41 Å². The fourth-order valence-corrected chi connectivity index (χ4v) is 3.33. The van der Waals surface area contributed by atoms with Crippen molar-refractivity contribution in [2.45, 2.75) is 46.6 Å². The fraction of sp³-hybridized carbons (Fsp3) is 0.478. The van der Waals surface area contributed by atoms with Crippen LogP contribution in [0.3, 0.4) is 0 Å². The highest BCUT2D eigenvalue weighted by molar-refractivity contribution is 5.78. The van der Waals surface area contributed by atoms with Crippen LogP contribution in [0.4, 0.5) is 11.5 Å². The Morgan fingerprint density at radius 1 is 1.20 bits per heavy atom. The fourth-order valence-electron chi connectivity index (χ4n) is 3.33. The summed E-state index contributed by atoms with van der Waals surface area (Å²) in [5, 5.41) is 15.3. The highest BCUT2D eigenvalue weighted by Crippen LogP contribution is 2.21. The van der Waals surface area contributed by atoms with Crippen LogP contribution in [0.25, 0.3) is 0 Å². The van der Waals surface area contributed by atoms with Gasteiger partial charge in [-0.2, -0.15) is 5.26 Å². The van der Waals surface area contributed by atoms with Gasteiger partial charge in [-0.05, 0) is 36.0 Å². The molecule has 158 valence electrons. The summed E-state index contributed by atoms with van der Waals surface area (Å²) in [4.78, 5) is 23.1. The highest BCUT2D eigenvalue weighted by atomic mass is 16.1. The Balaban J connectivity index is 1.57. The van der Waals surface area contributed by atoms with Gasteiger partial charge in [-0.15, -0.1) is 0 Å². The summed E-state index contributed by atoms with van der Waals surface area (Å²) in [5.74, 6) is 0.640. The summed E-state index contributed by atoms with van der Waals surface area (Å²) >= 11 is 0. The number of anilines is 2. The molecule has 1 aliphatic heterocycles. The first-order valence-corrected chi connectivity index (χ1v) is 10.4. The van der Waals surface area contributed by atoms with Crippen molar-refractivity contribution in [1.82, 2.24) is 15.3 Å². The summed E-state index contributed by atoms with van der Waals surface area (Å²) in [5.41, 5.74) is 3.02. The molecule has 2 aromatic rings. The van der Waals surface area contributed by atoms with Gasteiger partial charge in [0.1, 0.15) is 11.9 Å². The molecule has 0 spiro atoms. The Morgan fingerprint density at radius 2 is 1.90 bits per heavy atom. The van der Waals surface area contributed by atoms with Gasteiger partial charge in [0.15, 0.2) is 0 Å². The van der Waals surface area contributed by atoms with E-state index in [2.05, 4.69) is 58.4 Å². The van der Waals surface area contributed by atoms with Gasteiger partial charge in [0.25, 0.3) is 0 Å². The van der Waals surface area contributed by atoms with E-state index < -0.39 is 0 Å². The van der Waals surface area contributed by atoms with Gasteiger partial charge in [-0.25, -0.2) is 9.97 Å². The highest BCUT2D eigenvalue weighted by Gasteiger charge is 2.15. The molecular weight excluding hydrogens is 376 g/mol. The van der Waals surface area contributed by atoms with E-state index in [4.69, 9.17) is 5.26 Å². The van der Waals surface area contributed by atoms with E-state index >= 15 is 0 Å². The lowest BCUT2D eigenvalue weighted by Crippen LogP contribution is -2.26. The van der Waals surface area contributed by atoms with Crippen molar-refractivity contribution in [2.75, 3.05) is 29.9 Å². The van der Waals surface area contributed by atoms with Gasteiger partial charge in [0, 0.05) is 43.6 Å². The molecule has 30 heavy (non-hydrogen) atoms. The first-order valence-electron chi connectivity index (χ1n) is 10.4. The standard InChI is InChI=1S/C23H30N6O/c1-23(2,3)16-27-22-18(14-25-20(13-24)28-22)15-26-21(30)12-17-6-8-19(9-7-17)29-10-4-5-11-29/h6-9,14H,4-5,10-12,15-16H2,1-3H3,(H,26,30)(H,25,27,28). The number of carbonyl (C=O) groups excluding carboxylic acids is 1. The lowest BCUT2D eigenvalue weighted by atomic mass is 9.97. The number of hydrogen-bond donors (Lipinski definition) is 2. The monoisotopic (exact) mass is 406 g/mol. The van der Waals surface area contributed by atoms with Gasteiger partial charge in [-0.1, -0.05) is 32.9 Å². The molecule has 2 N–H and O–H groups in total. The van der Waals surface area contributed by atoms with Gasteiger partial charge < -0.3 is 15.5 Å². The quantitative estimate of drug-likeness (QED) is 0.733. The number of carbonyl (C=O) groups is 1. The summed E-state index contributed by atoms with van der Waals surface area (Å²) in [6.07, 6.45) is 4.41. The molecule has 1 aromatic carbocycles. The lowest BCUT2D eigenvalue weighted by molar-refractivity contribution is -0.120. The van der Waals surface area contributed by atoms with Crippen LogP contribution in [0.15, 0.2) is 30.5 Å². The normalized spacial score (nSPS) is 13.7. The van der Waals surface area contributed by atoms with Crippen LogP contribution in [0, 0.1) is 16.7 Å². The maximum Gasteiger partial charge on any atom is 0.234 e. The molecule has 1 amide bonds. The van der Waals surface area contributed by atoms with Crippen molar-refractivity contribution in [3.63, 3.8) is 0 Å². The molecule has 0 radical (unpaired) electrons. The summed E-state index contributed by atoms with van der Waals surface area (Å²) in [6, 6.07) is 10.2. The number of nitriles is 1. The van der Waals surface area contributed by atoms with Gasteiger partial charge in [0.05, 0.1) is 6.42 Å². The van der Waals surface area contributed by atoms with E-state index in [0.717, 1.165) is 24.2 Å². The Bertz CT molecular complexity index is 905. The second-order valence-electron chi connectivity index (χ2n) is 8.91. The van der Waals surface area contributed by atoms with Crippen LogP contribution in [-0.4, -0.2) is 35.5 Å². The molecule has 2 heterocycles. The van der Waals surface area contributed by atoms with E-state index in [9.17, 15) is 4.79 Å². The van der Waals surface area contributed by atoms with Gasteiger partial charge >= 0.3 is 0 Å². The van der Waals surface area contributed by atoms with E-state index in [1.165, 1.54) is 18.5 Å². The first kappa shape index (κ1) is 21.6. The number of hydrogen-bond acceptors (Lipinski definition) is 6. The second-order valence-corrected chi connectivity index (χ2v) is 8.91. The number of nitrogens with zero attached hydrogens (tertiary/aromatic N) is 4. The number of nitrogens with one attached hydrogen (secondary N) is 2. The Hall–Kier alpha value is -3.14. The van der Waals surface area contributed by atoms with Gasteiger partial charge in [0.2, 0.25) is 11.7 Å². The van der Waals surface area contributed by atoms with E-state index in [1.807, 2.05) is 18.2 Å². The molecule has 1 aliphatic rings. The Morgan fingerprint density at radius 3 is 2.53 bits per heavy atom. The van der Waals surface area contributed by atoms with Crippen LogP contribution in [0.5, 0.6) is 0 Å². The maximum absolute atomic E-state index is 12.4. The van der Waals surface area contributed by atoms with Crippen molar-refractivity contribution in [1.29, 1.82) is 5.26 Å². The van der Waals surface area contributed by atoms with E-state index in [0.29, 0.717) is 25.3 Å². The predicted molar refractivity (Wildman–Crippen MR) is 118 cm³/mol. The van der Waals surface area contributed by atoms with Crippen LogP contribution >= 0.6 is 0 Å². The summed E-state index contributed by atoms with van der Waals surface area (Å²) in [6.45, 7) is 9.56. The van der Waals surface area contributed by atoms with Crippen molar-refractivity contribution < 1.29 is 4.79 Å². The average Bonchev–Trinajstić information content (AvgIpc) is 3.26. The van der Waals surface area contributed by atoms with E-state index in [-0.39, 0.29) is 17.1 Å². The summed E-state index contributed by atoms with van der Waals surface area (Å²) < 4.78 is 0. The van der Waals surface area contributed by atoms with Crippen LogP contribution < -0.4 is 15.5 Å². The van der Waals surface area contributed by atoms with Crippen LogP contribution in [0.1, 0.15) is 50.6 Å². The minimum Gasteiger partial charge on any atom is -0.372 e. The molecular formula is C23H30N6O. The zero-order valence-electron chi connectivity index (χ0n) is 18.0. The zero-order chi connectivity index (χ0) is 21.6.